The number of methoxy groups -OCH3 is 1. The number of hydrogen-bond acceptors (Lipinski definition) is 8. The summed E-state index contributed by atoms with van der Waals surface area (Å²) < 4.78 is 20.3. The van der Waals surface area contributed by atoms with E-state index in [9.17, 15) is 5.11 Å². The van der Waals surface area contributed by atoms with Gasteiger partial charge in [-0.05, 0) is 57.1 Å². The maximum atomic E-state index is 9.18. The van der Waals surface area contributed by atoms with Gasteiger partial charge in [0.1, 0.15) is 6.61 Å². The standard InChI is InChI=1S/C23H28BrN3O4S/c1-7-8-18(15(2)29-6)31-19-20(25-22(24)26-21(19)30-14-13-28)27-32-17-11-9-16(10-12-17)23(3,4)5/h7-12,28H,1-2,13-14H2,3-6H3,(H,25,26,27)/b18-8+. The fourth-order valence-corrected chi connectivity index (χ4v) is 3.40. The molecule has 1 heterocycles. The molecule has 0 radical (unpaired) electrons. The monoisotopic (exact) mass is 521 g/mol. The van der Waals surface area contributed by atoms with Crippen molar-refractivity contribution in [2.45, 2.75) is 31.1 Å². The van der Waals surface area contributed by atoms with Crippen molar-refractivity contribution in [3.8, 4) is 11.6 Å². The molecule has 1 aromatic heterocycles. The topological polar surface area (TPSA) is 85.7 Å². The van der Waals surface area contributed by atoms with Gasteiger partial charge in [-0.15, -0.1) is 0 Å². The third-order valence-electron chi connectivity index (χ3n) is 4.13. The first-order chi connectivity index (χ1) is 15.2. The predicted octanol–water partition coefficient (Wildman–Crippen LogP) is 5.64. The van der Waals surface area contributed by atoms with E-state index >= 15 is 0 Å². The number of anilines is 1. The Morgan fingerprint density at radius 1 is 1.25 bits per heavy atom. The Balaban J connectivity index is 2.37. The van der Waals surface area contributed by atoms with Crippen molar-refractivity contribution in [2.24, 2.45) is 0 Å². The number of aliphatic hydroxyl groups is 1. The van der Waals surface area contributed by atoms with Crippen LogP contribution in [0.15, 0.2) is 70.7 Å². The Kier molecular flexibility index (Phi) is 9.61. The van der Waals surface area contributed by atoms with Crippen LogP contribution in [0.4, 0.5) is 5.82 Å². The maximum Gasteiger partial charge on any atom is 0.264 e. The lowest BCUT2D eigenvalue weighted by atomic mass is 9.87. The highest BCUT2D eigenvalue weighted by Gasteiger charge is 2.21. The molecule has 9 heteroatoms. The molecule has 0 fully saturated rings. The van der Waals surface area contributed by atoms with E-state index in [0.29, 0.717) is 16.3 Å². The van der Waals surface area contributed by atoms with E-state index in [1.165, 1.54) is 24.6 Å². The number of benzene rings is 1. The van der Waals surface area contributed by atoms with Gasteiger partial charge in [0.25, 0.3) is 5.88 Å². The first-order valence-corrected chi connectivity index (χ1v) is 11.4. The lowest BCUT2D eigenvalue weighted by Gasteiger charge is -2.19. The fourth-order valence-electron chi connectivity index (χ4n) is 2.44. The highest BCUT2D eigenvalue weighted by Crippen LogP contribution is 2.38. The second kappa shape index (κ2) is 11.9. The van der Waals surface area contributed by atoms with E-state index in [2.05, 4.69) is 76.7 Å². The lowest BCUT2D eigenvalue weighted by molar-refractivity contribution is 0.190. The van der Waals surface area contributed by atoms with E-state index in [1.807, 2.05) is 12.1 Å². The molecule has 0 bridgehead atoms. The second-order valence-electron chi connectivity index (χ2n) is 7.52. The molecule has 32 heavy (non-hydrogen) atoms. The molecule has 0 spiro atoms. The zero-order chi connectivity index (χ0) is 23.7. The number of rotatable bonds is 11. The summed E-state index contributed by atoms with van der Waals surface area (Å²) in [7, 11) is 1.49. The first kappa shape index (κ1) is 25.8. The zero-order valence-corrected chi connectivity index (χ0v) is 21.0. The molecule has 2 rings (SSSR count). The highest BCUT2D eigenvalue weighted by molar-refractivity contribution is 9.10. The number of hydrogen-bond donors (Lipinski definition) is 2. The van der Waals surface area contributed by atoms with Crippen molar-refractivity contribution in [1.29, 1.82) is 0 Å². The van der Waals surface area contributed by atoms with Crippen LogP contribution >= 0.6 is 27.9 Å². The van der Waals surface area contributed by atoms with Crippen LogP contribution in [0.5, 0.6) is 11.6 Å². The molecular formula is C23H28BrN3O4S. The molecule has 0 amide bonds. The van der Waals surface area contributed by atoms with Gasteiger partial charge in [0.15, 0.2) is 17.3 Å². The van der Waals surface area contributed by atoms with Crippen molar-refractivity contribution >= 4 is 33.7 Å². The predicted molar refractivity (Wildman–Crippen MR) is 132 cm³/mol. The molecule has 0 saturated carbocycles. The summed E-state index contributed by atoms with van der Waals surface area (Å²) in [4.78, 5) is 9.62. The summed E-state index contributed by atoms with van der Waals surface area (Å²) in [6.07, 6.45) is 3.15. The molecule has 2 aromatic rings. The molecule has 172 valence electrons. The third kappa shape index (κ3) is 7.29. The van der Waals surface area contributed by atoms with Crippen LogP contribution in [-0.2, 0) is 10.2 Å². The highest BCUT2D eigenvalue weighted by atomic mass is 79.9. The van der Waals surface area contributed by atoms with Crippen LogP contribution in [0.25, 0.3) is 0 Å². The Hall–Kier alpha value is -2.49. The van der Waals surface area contributed by atoms with E-state index in [-0.39, 0.29) is 36.0 Å². The van der Waals surface area contributed by atoms with Gasteiger partial charge in [-0.3, -0.25) is 0 Å². The second-order valence-corrected chi connectivity index (χ2v) is 9.11. The van der Waals surface area contributed by atoms with Crippen LogP contribution in [0.2, 0.25) is 0 Å². The molecule has 2 N–H and O–H groups in total. The van der Waals surface area contributed by atoms with Gasteiger partial charge in [-0.2, -0.15) is 9.97 Å². The number of halogens is 1. The van der Waals surface area contributed by atoms with Crippen molar-refractivity contribution in [3.63, 3.8) is 0 Å². The number of nitrogens with one attached hydrogen (secondary N) is 1. The minimum atomic E-state index is -0.182. The lowest BCUT2D eigenvalue weighted by Crippen LogP contribution is -2.10. The summed E-state index contributed by atoms with van der Waals surface area (Å²) in [5.74, 6) is 1.32. The van der Waals surface area contributed by atoms with Gasteiger partial charge in [-0.25, -0.2) is 0 Å². The quantitative estimate of drug-likeness (QED) is 0.170. The van der Waals surface area contributed by atoms with Crippen molar-refractivity contribution in [1.82, 2.24) is 9.97 Å². The Bertz CT molecular complexity index is 972. The normalized spacial score (nSPS) is 11.6. The smallest absolute Gasteiger partial charge is 0.264 e. The Labute approximate surface area is 201 Å². The van der Waals surface area contributed by atoms with Gasteiger partial charge in [0.05, 0.1) is 13.7 Å². The number of ether oxygens (including phenoxy) is 3. The van der Waals surface area contributed by atoms with Gasteiger partial charge in [0, 0.05) is 4.90 Å². The van der Waals surface area contributed by atoms with E-state index in [4.69, 9.17) is 14.2 Å². The minimum Gasteiger partial charge on any atom is -0.493 e. The van der Waals surface area contributed by atoms with Crippen LogP contribution in [0.3, 0.4) is 0 Å². The van der Waals surface area contributed by atoms with E-state index in [0.717, 1.165) is 4.90 Å². The van der Waals surface area contributed by atoms with E-state index in [1.54, 1.807) is 12.2 Å². The Morgan fingerprint density at radius 3 is 2.50 bits per heavy atom. The zero-order valence-electron chi connectivity index (χ0n) is 18.6. The van der Waals surface area contributed by atoms with Crippen molar-refractivity contribution in [2.75, 3.05) is 25.0 Å². The molecule has 1 aromatic carbocycles. The molecule has 7 nitrogen and oxygen atoms in total. The molecule has 0 aliphatic heterocycles. The number of nitrogens with zero attached hydrogens (tertiary/aromatic N) is 2. The largest absolute Gasteiger partial charge is 0.493 e. The maximum absolute atomic E-state index is 9.18. The molecule has 0 aliphatic carbocycles. The van der Waals surface area contributed by atoms with Gasteiger partial charge in [0.2, 0.25) is 10.5 Å². The van der Waals surface area contributed by atoms with Gasteiger partial charge >= 0.3 is 0 Å². The molecular weight excluding hydrogens is 494 g/mol. The molecule has 0 aliphatic rings. The van der Waals surface area contributed by atoms with Crippen LogP contribution < -0.4 is 14.2 Å². The first-order valence-electron chi connectivity index (χ1n) is 9.78. The minimum absolute atomic E-state index is 0.0341. The molecule has 0 saturated heterocycles. The summed E-state index contributed by atoms with van der Waals surface area (Å²) in [6, 6.07) is 8.27. The average molecular weight is 522 g/mol. The third-order valence-corrected chi connectivity index (χ3v) is 5.28. The van der Waals surface area contributed by atoms with Crippen LogP contribution in [0, 0.1) is 0 Å². The molecule has 0 atom stereocenters. The SMILES string of the molecule is C=C/C=C(/Oc1c(NSc2ccc(C(C)(C)C)cc2)nc(Br)nc1OCCO)C(=C)OC. The van der Waals surface area contributed by atoms with Crippen LogP contribution in [0.1, 0.15) is 26.3 Å². The van der Waals surface area contributed by atoms with Crippen LogP contribution in [-0.4, -0.2) is 35.4 Å². The van der Waals surface area contributed by atoms with E-state index < -0.39 is 0 Å². The summed E-state index contributed by atoms with van der Waals surface area (Å²) >= 11 is 4.66. The van der Waals surface area contributed by atoms with Crippen molar-refractivity contribution < 1.29 is 19.3 Å². The summed E-state index contributed by atoms with van der Waals surface area (Å²) in [6.45, 7) is 13.9. The average Bonchev–Trinajstić information content (AvgIpc) is 2.76. The van der Waals surface area contributed by atoms with Gasteiger partial charge in [-0.1, -0.05) is 52.1 Å². The van der Waals surface area contributed by atoms with Crippen molar-refractivity contribution in [3.05, 3.63) is 71.4 Å². The summed E-state index contributed by atoms with van der Waals surface area (Å²) in [5.41, 5.74) is 1.32. The number of aliphatic hydroxyl groups excluding tert-OH is 1. The summed E-state index contributed by atoms with van der Waals surface area (Å²) in [5, 5.41) is 9.18. The number of allylic oxidation sites excluding steroid dienone is 2. The molecule has 0 unspecified atom stereocenters. The van der Waals surface area contributed by atoms with Gasteiger partial charge < -0.3 is 24.0 Å². The fraction of sp³-hybridized carbons (Fsp3) is 0.304. The Morgan fingerprint density at radius 2 is 1.94 bits per heavy atom. The number of aromatic nitrogens is 2.